The van der Waals surface area contributed by atoms with Crippen LogP contribution in [0.1, 0.15) is 30.4 Å². The minimum atomic E-state index is -0.568. The number of aromatic hydroxyl groups is 1. The van der Waals surface area contributed by atoms with Crippen molar-refractivity contribution in [1.82, 2.24) is 5.32 Å². The zero-order valence-corrected chi connectivity index (χ0v) is 13.0. The van der Waals surface area contributed by atoms with E-state index in [9.17, 15) is 24.4 Å². The second kappa shape index (κ2) is 7.54. The number of halogens is 1. The largest absolute Gasteiger partial charge is 0.508 e. The van der Waals surface area contributed by atoms with Gasteiger partial charge in [-0.3, -0.25) is 14.9 Å². The second-order valence-electron chi connectivity index (χ2n) is 5.50. The summed E-state index contributed by atoms with van der Waals surface area (Å²) in [4.78, 5) is 22.2. The first-order valence-electron chi connectivity index (χ1n) is 7.35. The Morgan fingerprint density at radius 1 is 1.29 bits per heavy atom. The first kappa shape index (κ1) is 17.4. The number of nitrogens with one attached hydrogen (secondary N) is 1. The Balaban J connectivity index is 1.94. The molecule has 0 saturated heterocycles. The molecule has 7 heteroatoms. The highest BCUT2D eigenvalue weighted by Crippen LogP contribution is 2.23. The molecule has 1 atom stereocenters. The van der Waals surface area contributed by atoms with Crippen molar-refractivity contribution in [3.05, 3.63) is 69.5 Å². The van der Waals surface area contributed by atoms with E-state index in [0.717, 1.165) is 5.56 Å². The number of nitro benzene ring substituents is 1. The molecule has 0 aromatic heterocycles. The van der Waals surface area contributed by atoms with Gasteiger partial charge in [-0.25, -0.2) is 4.39 Å². The fourth-order valence-electron chi connectivity index (χ4n) is 2.28. The molecule has 0 heterocycles. The number of nitro groups is 1. The van der Waals surface area contributed by atoms with Crippen molar-refractivity contribution in [1.29, 1.82) is 0 Å². The van der Waals surface area contributed by atoms with Gasteiger partial charge in [0.25, 0.3) is 5.69 Å². The van der Waals surface area contributed by atoms with Crippen LogP contribution in [0.5, 0.6) is 5.75 Å². The second-order valence-corrected chi connectivity index (χ2v) is 5.50. The average Bonchev–Trinajstić information content (AvgIpc) is 2.54. The molecule has 1 amide bonds. The molecule has 0 aliphatic heterocycles. The summed E-state index contributed by atoms with van der Waals surface area (Å²) in [6.07, 6.45) is 0.182. The topological polar surface area (TPSA) is 92.5 Å². The van der Waals surface area contributed by atoms with Gasteiger partial charge in [0, 0.05) is 30.7 Å². The predicted molar refractivity (Wildman–Crippen MR) is 86.0 cm³/mol. The van der Waals surface area contributed by atoms with Crippen molar-refractivity contribution < 1.29 is 19.2 Å². The highest BCUT2D eigenvalue weighted by molar-refractivity contribution is 5.77. The third-order valence-corrected chi connectivity index (χ3v) is 3.68. The van der Waals surface area contributed by atoms with E-state index in [1.807, 2.05) is 6.92 Å². The number of amides is 1. The minimum absolute atomic E-state index is 0.0114. The number of non-ortho nitro benzene ring substituents is 1. The quantitative estimate of drug-likeness (QED) is 0.627. The number of carbonyl (C=O) groups is 1. The molecule has 2 N–H and O–H groups in total. The molecule has 24 heavy (non-hydrogen) atoms. The van der Waals surface area contributed by atoms with Crippen molar-refractivity contribution in [3.8, 4) is 5.75 Å². The number of phenolic OH excluding ortho intramolecular Hbond substituents is 1. The summed E-state index contributed by atoms with van der Waals surface area (Å²) >= 11 is 0. The Kier molecular flexibility index (Phi) is 5.47. The van der Waals surface area contributed by atoms with Crippen molar-refractivity contribution in [2.75, 3.05) is 0 Å². The lowest BCUT2D eigenvalue weighted by atomic mass is 9.97. The van der Waals surface area contributed by atoms with Gasteiger partial charge in [0.1, 0.15) is 11.6 Å². The summed E-state index contributed by atoms with van der Waals surface area (Å²) in [6.45, 7) is 1.83. The average molecular weight is 332 g/mol. The lowest BCUT2D eigenvalue weighted by Gasteiger charge is -2.12. The fourth-order valence-corrected chi connectivity index (χ4v) is 2.28. The van der Waals surface area contributed by atoms with E-state index in [4.69, 9.17) is 0 Å². The Morgan fingerprint density at radius 3 is 2.58 bits per heavy atom. The molecule has 0 unspecified atom stereocenters. The van der Waals surface area contributed by atoms with Gasteiger partial charge in [0.05, 0.1) is 4.92 Å². The molecule has 0 bridgehead atoms. The maximum Gasteiger partial charge on any atom is 0.270 e. The molecular formula is C17H17FN2O4. The minimum Gasteiger partial charge on any atom is -0.508 e. The first-order chi connectivity index (χ1) is 11.4. The van der Waals surface area contributed by atoms with Gasteiger partial charge in [-0.1, -0.05) is 19.1 Å². The fraction of sp³-hybridized carbons (Fsp3) is 0.235. The third-order valence-electron chi connectivity index (χ3n) is 3.68. The number of benzene rings is 2. The molecule has 0 aliphatic rings. The summed E-state index contributed by atoms with van der Waals surface area (Å²) in [7, 11) is 0. The molecule has 0 spiro atoms. The van der Waals surface area contributed by atoms with Crippen molar-refractivity contribution in [2.45, 2.75) is 25.8 Å². The smallest absolute Gasteiger partial charge is 0.270 e. The lowest BCUT2D eigenvalue weighted by Crippen LogP contribution is -2.24. The van der Waals surface area contributed by atoms with Crippen LogP contribution < -0.4 is 5.32 Å². The van der Waals surface area contributed by atoms with Crippen LogP contribution in [0.2, 0.25) is 0 Å². The highest BCUT2D eigenvalue weighted by Gasteiger charge is 2.14. The predicted octanol–water partition coefficient (Wildman–Crippen LogP) is 3.25. The van der Waals surface area contributed by atoms with Gasteiger partial charge in [-0.15, -0.1) is 0 Å². The SMILES string of the molecule is C[C@@H](CC(=O)NCc1cc([N+](=O)[O-])ccc1O)c1ccc(F)cc1. The standard InChI is InChI=1S/C17H17FN2O4/c1-11(12-2-4-14(18)5-3-12)8-17(22)19-10-13-9-15(20(23)24)6-7-16(13)21/h2-7,9,11,21H,8,10H2,1H3,(H,19,22)/t11-/m0/s1. The van der Waals surface area contributed by atoms with Gasteiger partial charge in [-0.2, -0.15) is 0 Å². The Bertz CT molecular complexity index is 747. The summed E-state index contributed by atoms with van der Waals surface area (Å²) in [5.74, 6) is -0.828. The van der Waals surface area contributed by atoms with Crippen LogP contribution in [0.3, 0.4) is 0 Å². The molecule has 0 radical (unpaired) electrons. The first-order valence-corrected chi connectivity index (χ1v) is 7.35. The van der Waals surface area contributed by atoms with Crippen LogP contribution in [0.4, 0.5) is 10.1 Å². The van der Waals surface area contributed by atoms with Crippen molar-refractivity contribution >= 4 is 11.6 Å². The molecule has 126 valence electrons. The van der Waals surface area contributed by atoms with Crippen LogP contribution in [-0.2, 0) is 11.3 Å². The molecule has 0 fully saturated rings. The van der Waals surface area contributed by atoms with E-state index in [2.05, 4.69) is 5.32 Å². The van der Waals surface area contributed by atoms with Crippen LogP contribution in [0, 0.1) is 15.9 Å². The van der Waals surface area contributed by atoms with Crippen LogP contribution in [0.25, 0.3) is 0 Å². The van der Waals surface area contributed by atoms with E-state index in [-0.39, 0.29) is 47.6 Å². The zero-order valence-electron chi connectivity index (χ0n) is 13.0. The summed E-state index contributed by atoms with van der Waals surface area (Å²) in [5.41, 5.74) is 0.952. The summed E-state index contributed by atoms with van der Waals surface area (Å²) in [6, 6.07) is 9.56. The number of hydrogen-bond donors (Lipinski definition) is 2. The highest BCUT2D eigenvalue weighted by atomic mass is 19.1. The van der Waals surface area contributed by atoms with Gasteiger partial charge < -0.3 is 10.4 Å². The molecule has 0 aliphatic carbocycles. The Hall–Kier alpha value is -2.96. The molecular weight excluding hydrogens is 315 g/mol. The normalized spacial score (nSPS) is 11.8. The van der Waals surface area contributed by atoms with Crippen molar-refractivity contribution in [3.63, 3.8) is 0 Å². The van der Waals surface area contributed by atoms with Gasteiger partial charge in [0.15, 0.2) is 0 Å². The zero-order chi connectivity index (χ0) is 17.7. The molecule has 6 nitrogen and oxygen atoms in total. The van der Waals surface area contributed by atoms with E-state index in [1.54, 1.807) is 12.1 Å². The monoisotopic (exact) mass is 332 g/mol. The molecule has 0 saturated carbocycles. The van der Waals surface area contributed by atoms with Gasteiger partial charge in [0.2, 0.25) is 5.91 Å². The number of carbonyl (C=O) groups excluding carboxylic acids is 1. The third kappa shape index (κ3) is 4.52. The van der Waals surface area contributed by atoms with Crippen molar-refractivity contribution in [2.24, 2.45) is 0 Å². The Labute approximate surface area is 138 Å². The van der Waals surface area contributed by atoms with Gasteiger partial charge in [-0.05, 0) is 29.7 Å². The summed E-state index contributed by atoms with van der Waals surface area (Å²) < 4.78 is 12.9. The van der Waals surface area contributed by atoms with Crippen LogP contribution >= 0.6 is 0 Å². The number of phenols is 1. The van der Waals surface area contributed by atoms with E-state index in [1.165, 1.54) is 30.3 Å². The number of hydrogen-bond acceptors (Lipinski definition) is 4. The maximum atomic E-state index is 12.9. The lowest BCUT2D eigenvalue weighted by molar-refractivity contribution is -0.384. The van der Waals surface area contributed by atoms with Crippen LogP contribution in [-0.4, -0.2) is 15.9 Å². The number of nitrogens with zero attached hydrogens (tertiary/aromatic N) is 1. The van der Waals surface area contributed by atoms with E-state index in [0.29, 0.717) is 0 Å². The van der Waals surface area contributed by atoms with E-state index >= 15 is 0 Å². The molecule has 2 rings (SSSR count). The van der Waals surface area contributed by atoms with E-state index < -0.39 is 4.92 Å². The molecule has 2 aromatic rings. The maximum absolute atomic E-state index is 12.9. The number of rotatable bonds is 6. The Morgan fingerprint density at radius 2 is 1.96 bits per heavy atom. The summed E-state index contributed by atoms with van der Waals surface area (Å²) in [5, 5.41) is 23.1. The van der Waals surface area contributed by atoms with Gasteiger partial charge >= 0.3 is 0 Å². The molecule has 2 aromatic carbocycles. The van der Waals surface area contributed by atoms with Crippen LogP contribution in [0.15, 0.2) is 42.5 Å².